The van der Waals surface area contributed by atoms with Gasteiger partial charge in [0.05, 0.1) is 11.2 Å². The highest BCUT2D eigenvalue weighted by atomic mass is 16.5. The van der Waals surface area contributed by atoms with Crippen LogP contribution >= 0.6 is 0 Å². The Bertz CT molecular complexity index is 233. The minimum Gasteiger partial charge on any atom is -0.388 e. The van der Waals surface area contributed by atoms with E-state index in [1.165, 1.54) is 0 Å². The molecule has 0 radical (unpaired) electrons. The molecule has 5 heteroatoms. The van der Waals surface area contributed by atoms with E-state index >= 15 is 0 Å². The van der Waals surface area contributed by atoms with Crippen LogP contribution in [0.1, 0.15) is 34.1 Å². The predicted octanol–water partition coefficient (Wildman–Crippen LogP) is 0.705. The van der Waals surface area contributed by atoms with E-state index in [0.717, 1.165) is 0 Å². The van der Waals surface area contributed by atoms with Gasteiger partial charge in [-0.2, -0.15) is 0 Å². The number of carbonyl (C=O) groups excluding carboxylic acids is 1. The van der Waals surface area contributed by atoms with Crippen molar-refractivity contribution in [2.24, 2.45) is 0 Å². The molecule has 0 heterocycles. The number of ether oxygens (including phenoxy) is 2. The van der Waals surface area contributed by atoms with E-state index in [1.54, 1.807) is 14.0 Å². The van der Waals surface area contributed by atoms with Gasteiger partial charge < -0.3 is 19.9 Å². The van der Waals surface area contributed by atoms with Crippen LogP contribution in [0.15, 0.2) is 0 Å². The Hall–Kier alpha value is -0.650. The molecule has 0 bridgehead atoms. The molecule has 0 aliphatic carbocycles. The van der Waals surface area contributed by atoms with Crippen molar-refractivity contribution in [2.45, 2.75) is 45.3 Å². The second-order valence-electron chi connectivity index (χ2n) is 5.42. The van der Waals surface area contributed by atoms with Crippen LogP contribution in [-0.2, 0) is 14.3 Å². The predicted molar refractivity (Wildman–Crippen MR) is 65.8 cm³/mol. The normalized spacial score (nSPS) is 15.4. The fraction of sp³-hybridized carbons (Fsp3) is 0.917. The summed E-state index contributed by atoms with van der Waals surface area (Å²) in [5.74, 6) is -0.224. The Morgan fingerprint density at radius 3 is 2.35 bits per heavy atom. The van der Waals surface area contributed by atoms with Gasteiger partial charge in [-0.1, -0.05) is 0 Å². The Morgan fingerprint density at radius 2 is 1.88 bits per heavy atom. The van der Waals surface area contributed by atoms with E-state index in [2.05, 4.69) is 5.32 Å². The number of carbonyl (C=O) groups is 1. The molecule has 0 aliphatic rings. The van der Waals surface area contributed by atoms with Crippen LogP contribution in [0, 0.1) is 0 Å². The van der Waals surface area contributed by atoms with Crippen molar-refractivity contribution >= 4 is 5.91 Å². The lowest BCUT2D eigenvalue weighted by Gasteiger charge is -2.24. The highest BCUT2D eigenvalue weighted by Gasteiger charge is 2.21. The lowest BCUT2D eigenvalue weighted by Crippen LogP contribution is -2.43. The number of amides is 1. The first-order chi connectivity index (χ1) is 7.66. The molecule has 0 aromatic heterocycles. The van der Waals surface area contributed by atoms with Crippen LogP contribution < -0.4 is 5.32 Å². The summed E-state index contributed by atoms with van der Waals surface area (Å²) in [7, 11) is 1.58. The van der Waals surface area contributed by atoms with Gasteiger partial charge in [0.2, 0.25) is 5.91 Å². The molecule has 1 amide bonds. The number of aliphatic hydroxyl groups is 1. The molecule has 0 fully saturated rings. The number of methoxy groups -OCH3 is 1. The molecule has 1 unspecified atom stereocenters. The summed E-state index contributed by atoms with van der Waals surface area (Å²) in [6.45, 7) is 7.98. The van der Waals surface area contributed by atoms with Crippen molar-refractivity contribution in [3.63, 3.8) is 0 Å². The Balaban J connectivity index is 3.83. The molecule has 0 rings (SSSR count). The summed E-state index contributed by atoms with van der Waals surface area (Å²) in [5, 5.41) is 12.5. The standard InChI is InChI=1S/C12H25NO4/c1-11(2,3)17-8-10(14)13-9-12(4,15)6-7-16-5/h15H,6-9H2,1-5H3,(H,13,14). The van der Waals surface area contributed by atoms with Crippen molar-refractivity contribution in [1.29, 1.82) is 0 Å². The van der Waals surface area contributed by atoms with Gasteiger partial charge in [-0.15, -0.1) is 0 Å². The van der Waals surface area contributed by atoms with E-state index in [0.29, 0.717) is 13.0 Å². The minimum absolute atomic E-state index is 0.00383. The second kappa shape index (κ2) is 6.93. The molecule has 0 saturated carbocycles. The first-order valence-electron chi connectivity index (χ1n) is 5.78. The van der Waals surface area contributed by atoms with Crippen molar-refractivity contribution in [1.82, 2.24) is 5.32 Å². The van der Waals surface area contributed by atoms with Gasteiger partial charge in [0.1, 0.15) is 6.61 Å². The van der Waals surface area contributed by atoms with Crippen molar-refractivity contribution in [2.75, 3.05) is 26.9 Å². The molecule has 0 spiro atoms. The van der Waals surface area contributed by atoms with Crippen LogP contribution in [0.4, 0.5) is 0 Å². The summed E-state index contributed by atoms with van der Waals surface area (Å²) >= 11 is 0. The van der Waals surface area contributed by atoms with Crippen LogP contribution in [-0.4, -0.2) is 49.1 Å². The van der Waals surface area contributed by atoms with Crippen LogP contribution in [0.5, 0.6) is 0 Å². The third-order valence-corrected chi connectivity index (χ3v) is 2.15. The fourth-order valence-corrected chi connectivity index (χ4v) is 1.03. The van der Waals surface area contributed by atoms with Gasteiger partial charge in [-0.05, 0) is 27.7 Å². The van der Waals surface area contributed by atoms with Gasteiger partial charge in [0.15, 0.2) is 0 Å². The first-order valence-corrected chi connectivity index (χ1v) is 5.78. The maximum absolute atomic E-state index is 11.4. The van der Waals surface area contributed by atoms with Crippen molar-refractivity contribution < 1.29 is 19.4 Å². The highest BCUT2D eigenvalue weighted by Crippen LogP contribution is 2.08. The molecule has 0 aromatic carbocycles. The summed E-state index contributed by atoms with van der Waals surface area (Å²) in [5.41, 5.74) is -1.29. The molecule has 0 saturated heterocycles. The Kier molecular flexibility index (Phi) is 6.67. The van der Waals surface area contributed by atoms with Gasteiger partial charge in [-0.3, -0.25) is 4.79 Å². The summed E-state index contributed by atoms with van der Waals surface area (Å²) in [6.07, 6.45) is 0.476. The maximum atomic E-state index is 11.4. The Morgan fingerprint density at radius 1 is 1.29 bits per heavy atom. The third-order valence-electron chi connectivity index (χ3n) is 2.15. The summed E-state index contributed by atoms with van der Waals surface area (Å²) in [6, 6.07) is 0. The van der Waals surface area contributed by atoms with Crippen LogP contribution in [0.2, 0.25) is 0 Å². The zero-order valence-electron chi connectivity index (χ0n) is 11.5. The monoisotopic (exact) mass is 247 g/mol. The summed E-state index contributed by atoms with van der Waals surface area (Å²) < 4.78 is 10.2. The van der Waals surface area contributed by atoms with E-state index in [9.17, 15) is 9.90 Å². The van der Waals surface area contributed by atoms with Gasteiger partial charge in [0.25, 0.3) is 0 Å². The fourth-order valence-electron chi connectivity index (χ4n) is 1.03. The average Bonchev–Trinajstić information content (AvgIpc) is 2.20. The molecule has 17 heavy (non-hydrogen) atoms. The smallest absolute Gasteiger partial charge is 0.246 e. The molecular formula is C12H25NO4. The second-order valence-corrected chi connectivity index (χ2v) is 5.42. The molecule has 102 valence electrons. The SMILES string of the molecule is COCCC(C)(O)CNC(=O)COC(C)(C)C. The molecule has 5 nitrogen and oxygen atoms in total. The van der Waals surface area contributed by atoms with Gasteiger partial charge in [0, 0.05) is 26.7 Å². The van der Waals surface area contributed by atoms with Crippen LogP contribution in [0.25, 0.3) is 0 Å². The quantitative estimate of drug-likeness (QED) is 0.695. The lowest BCUT2D eigenvalue weighted by molar-refractivity contribution is -0.131. The van der Waals surface area contributed by atoms with Crippen molar-refractivity contribution in [3.05, 3.63) is 0 Å². The van der Waals surface area contributed by atoms with E-state index in [1.807, 2.05) is 20.8 Å². The average molecular weight is 247 g/mol. The minimum atomic E-state index is -0.951. The zero-order chi connectivity index (χ0) is 13.5. The lowest BCUT2D eigenvalue weighted by atomic mass is 10.0. The van der Waals surface area contributed by atoms with Gasteiger partial charge >= 0.3 is 0 Å². The number of rotatable bonds is 7. The van der Waals surface area contributed by atoms with E-state index < -0.39 is 5.60 Å². The summed E-state index contributed by atoms with van der Waals surface area (Å²) in [4.78, 5) is 11.4. The number of nitrogens with one attached hydrogen (secondary N) is 1. The highest BCUT2D eigenvalue weighted by molar-refractivity contribution is 5.77. The van der Waals surface area contributed by atoms with Crippen molar-refractivity contribution in [3.8, 4) is 0 Å². The largest absolute Gasteiger partial charge is 0.388 e. The van der Waals surface area contributed by atoms with Crippen LogP contribution in [0.3, 0.4) is 0 Å². The third kappa shape index (κ3) is 10.2. The molecular weight excluding hydrogens is 222 g/mol. The number of hydrogen-bond acceptors (Lipinski definition) is 4. The topological polar surface area (TPSA) is 67.8 Å². The first kappa shape index (κ1) is 16.4. The Labute approximate surface area is 103 Å². The van der Waals surface area contributed by atoms with E-state index in [4.69, 9.17) is 9.47 Å². The molecule has 0 aromatic rings. The van der Waals surface area contributed by atoms with Gasteiger partial charge in [-0.25, -0.2) is 0 Å². The van der Waals surface area contributed by atoms with E-state index in [-0.39, 0.29) is 24.7 Å². The molecule has 0 aliphatic heterocycles. The maximum Gasteiger partial charge on any atom is 0.246 e. The molecule has 2 N–H and O–H groups in total. The molecule has 1 atom stereocenters. The number of hydrogen-bond donors (Lipinski definition) is 2. The zero-order valence-corrected chi connectivity index (χ0v) is 11.5.